The van der Waals surface area contributed by atoms with Crippen molar-refractivity contribution in [3.05, 3.63) is 23.8 Å². The Bertz CT molecular complexity index is 675. The summed E-state index contributed by atoms with van der Waals surface area (Å²) in [4.78, 5) is 26.8. The first-order valence-electron chi connectivity index (χ1n) is 8.82. The van der Waals surface area contributed by atoms with Crippen molar-refractivity contribution in [2.45, 2.75) is 38.4 Å². The van der Waals surface area contributed by atoms with E-state index in [0.29, 0.717) is 18.8 Å². The Labute approximate surface area is 152 Å². The highest BCUT2D eigenvalue weighted by Gasteiger charge is 2.35. The average molecular weight is 363 g/mol. The molecular formula is C18H25N3O5. The van der Waals surface area contributed by atoms with Gasteiger partial charge in [-0.15, -0.1) is 0 Å². The molecule has 0 aromatic heterocycles. The van der Waals surface area contributed by atoms with Crippen LogP contribution in [0.25, 0.3) is 0 Å². The minimum atomic E-state index is -0.817. The molecule has 1 aliphatic heterocycles. The standard InChI is InChI=1S/C18H25N3O5/c1-3-21(10-17(22)23)14-7-13(8-14)19-18(24)20(2)9-12-4-5-15-16(6-12)26-11-25-15/h4-6,13-14H,3,7-11H2,1-2H3,(H,19,24)(H,22,23). The quantitative estimate of drug-likeness (QED) is 0.763. The lowest BCUT2D eigenvalue weighted by Gasteiger charge is -2.42. The summed E-state index contributed by atoms with van der Waals surface area (Å²) < 4.78 is 10.6. The minimum Gasteiger partial charge on any atom is -0.480 e. The molecule has 8 heteroatoms. The highest BCUT2D eigenvalue weighted by Crippen LogP contribution is 2.32. The molecule has 0 saturated heterocycles. The number of nitrogens with one attached hydrogen (secondary N) is 1. The SMILES string of the molecule is CCN(CC(=O)O)C1CC(NC(=O)N(C)Cc2ccc3c(c2)OCO3)C1. The second kappa shape index (κ2) is 7.82. The average Bonchev–Trinajstić information content (AvgIpc) is 3.03. The van der Waals surface area contributed by atoms with Crippen molar-refractivity contribution in [1.29, 1.82) is 0 Å². The lowest BCUT2D eigenvalue weighted by atomic mass is 9.85. The van der Waals surface area contributed by atoms with Gasteiger partial charge in [0, 0.05) is 25.7 Å². The second-order valence-corrected chi connectivity index (χ2v) is 6.77. The number of ether oxygens (including phenoxy) is 2. The number of nitrogens with zero attached hydrogens (tertiary/aromatic N) is 2. The minimum absolute atomic E-state index is 0.0475. The van der Waals surface area contributed by atoms with Crippen LogP contribution in [0.4, 0.5) is 4.79 Å². The molecule has 0 spiro atoms. The Morgan fingerprint density at radius 2 is 2.00 bits per heavy atom. The molecule has 142 valence electrons. The zero-order valence-electron chi connectivity index (χ0n) is 15.1. The van der Waals surface area contributed by atoms with Gasteiger partial charge in [0.25, 0.3) is 0 Å². The molecule has 2 amide bonds. The summed E-state index contributed by atoms with van der Waals surface area (Å²) in [5, 5.41) is 11.9. The normalized spacial score (nSPS) is 20.6. The first kappa shape index (κ1) is 18.3. The molecule has 1 aromatic rings. The molecule has 0 atom stereocenters. The van der Waals surface area contributed by atoms with E-state index in [2.05, 4.69) is 5.32 Å². The van der Waals surface area contributed by atoms with Gasteiger partial charge in [0.15, 0.2) is 11.5 Å². The Morgan fingerprint density at radius 3 is 2.69 bits per heavy atom. The number of carbonyl (C=O) groups is 2. The summed E-state index contributed by atoms with van der Waals surface area (Å²) in [5.74, 6) is 0.613. The van der Waals surface area contributed by atoms with E-state index in [-0.39, 0.29) is 31.5 Å². The topological polar surface area (TPSA) is 91.3 Å². The van der Waals surface area contributed by atoms with E-state index in [9.17, 15) is 9.59 Å². The largest absolute Gasteiger partial charge is 0.480 e. The molecule has 3 rings (SSSR count). The maximum Gasteiger partial charge on any atom is 0.317 e. The van der Waals surface area contributed by atoms with Crippen LogP contribution in [0.3, 0.4) is 0 Å². The summed E-state index contributed by atoms with van der Waals surface area (Å²) in [6, 6.07) is 5.84. The summed E-state index contributed by atoms with van der Waals surface area (Å²) in [6.45, 7) is 3.40. The number of urea groups is 1. The molecule has 1 aromatic carbocycles. The van der Waals surface area contributed by atoms with Gasteiger partial charge in [-0.3, -0.25) is 9.69 Å². The van der Waals surface area contributed by atoms with Gasteiger partial charge in [-0.1, -0.05) is 13.0 Å². The number of rotatable bonds is 7. The Balaban J connectivity index is 1.44. The molecule has 26 heavy (non-hydrogen) atoms. The molecule has 2 N–H and O–H groups in total. The summed E-state index contributed by atoms with van der Waals surface area (Å²) in [6.07, 6.45) is 1.56. The molecule has 0 radical (unpaired) electrons. The first-order valence-corrected chi connectivity index (χ1v) is 8.82. The Kier molecular flexibility index (Phi) is 5.51. The number of carboxylic acids is 1. The lowest BCUT2D eigenvalue weighted by Crippen LogP contribution is -2.56. The highest BCUT2D eigenvalue weighted by atomic mass is 16.7. The predicted molar refractivity (Wildman–Crippen MR) is 94.3 cm³/mol. The van der Waals surface area contributed by atoms with Crippen molar-refractivity contribution in [2.24, 2.45) is 0 Å². The Hall–Kier alpha value is -2.48. The number of amides is 2. The summed E-state index contributed by atoms with van der Waals surface area (Å²) in [7, 11) is 1.75. The number of aliphatic carboxylic acids is 1. The van der Waals surface area contributed by atoms with Crippen molar-refractivity contribution in [2.75, 3.05) is 26.9 Å². The van der Waals surface area contributed by atoms with Crippen LogP contribution in [0, 0.1) is 0 Å². The second-order valence-electron chi connectivity index (χ2n) is 6.77. The van der Waals surface area contributed by atoms with Gasteiger partial charge in [-0.2, -0.15) is 0 Å². The van der Waals surface area contributed by atoms with Gasteiger partial charge in [-0.05, 0) is 37.1 Å². The van der Waals surface area contributed by atoms with Crippen LogP contribution in [0.1, 0.15) is 25.3 Å². The van der Waals surface area contributed by atoms with Gasteiger partial charge in [-0.25, -0.2) is 4.79 Å². The third kappa shape index (κ3) is 4.19. The van der Waals surface area contributed by atoms with Gasteiger partial charge in [0.2, 0.25) is 6.79 Å². The number of carboxylic acid groups (broad SMARTS) is 1. The zero-order chi connectivity index (χ0) is 18.7. The smallest absolute Gasteiger partial charge is 0.317 e. The zero-order valence-corrected chi connectivity index (χ0v) is 15.1. The van der Waals surface area contributed by atoms with Crippen LogP contribution in [-0.2, 0) is 11.3 Å². The van der Waals surface area contributed by atoms with Crippen molar-refractivity contribution in [3.63, 3.8) is 0 Å². The van der Waals surface area contributed by atoms with E-state index < -0.39 is 5.97 Å². The highest BCUT2D eigenvalue weighted by molar-refractivity contribution is 5.74. The van der Waals surface area contributed by atoms with E-state index in [0.717, 1.165) is 24.2 Å². The monoisotopic (exact) mass is 363 g/mol. The van der Waals surface area contributed by atoms with Crippen LogP contribution in [-0.4, -0.2) is 65.9 Å². The first-order chi connectivity index (χ1) is 12.5. The van der Waals surface area contributed by atoms with E-state index >= 15 is 0 Å². The Morgan fingerprint density at radius 1 is 1.27 bits per heavy atom. The number of carbonyl (C=O) groups excluding carboxylic acids is 1. The molecule has 0 bridgehead atoms. The van der Waals surface area contributed by atoms with Crippen molar-refractivity contribution in [1.82, 2.24) is 15.1 Å². The van der Waals surface area contributed by atoms with Crippen molar-refractivity contribution in [3.8, 4) is 11.5 Å². The van der Waals surface area contributed by atoms with Crippen LogP contribution < -0.4 is 14.8 Å². The predicted octanol–water partition coefficient (Wildman–Crippen LogP) is 1.49. The van der Waals surface area contributed by atoms with Crippen LogP contribution in [0.2, 0.25) is 0 Å². The number of likely N-dealkylation sites (N-methyl/N-ethyl adjacent to an activating group) is 1. The molecule has 1 saturated carbocycles. The summed E-state index contributed by atoms with van der Waals surface area (Å²) in [5.41, 5.74) is 0.969. The number of hydrogen-bond acceptors (Lipinski definition) is 5. The summed E-state index contributed by atoms with van der Waals surface area (Å²) >= 11 is 0. The van der Waals surface area contributed by atoms with E-state index in [1.54, 1.807) is 11.9 Å². The maximum atomic E-state index is 12.4. The molecule has 1 heterocycles. The fourth-order valence-electron chi connectivity index (χ4n) is 3.35. The lowest BCUT2D eigenvalue weighted by molar-refractivity contribution is -0.139. The fraction of sp³-hybridized carbons (Fsp3) is 0.556. The molecule has 1 fully saturated rings. The fourth-order valence-corrected chi connectivity index (χ4v) is 3.35. The third-order valence-corrected chi connectivity index (χ3v) is 4.91. The van der Waals surface area contributed by atoms with Gasteiger partial charge >= 0.3 is 12.0 Å². The van der Waals surface area contributed by atoms with E-state index in [1.807, 2.05) is 30.0 Å². The van der Waals surface area contributed by atoms with Crippen LogP contribution >= 0.6 is 0 Å². The molecule has 2 aliphatic rings. The van der Waals surface area contributed by atoms with Crippen LogP contribution in [0.5, 0.6) is 11.5 Å². The van der Waals surface area contributed by atoms with Gasteiger partial charge < -0.3 is 24.8 Å². The number of fused-ring (bicyclic) bond motifs is 1. The van der Waals surface area contributed by atoms with Crippen molar-refractivity contribution < 1.29 is 24.2 Å². The third-order valence-electron chi connectivity index (χ3n) is 4.91. The number of benzene rings is 1. The van der Waals surface area contributed by atoms with E-state index in [1.165, 1.54) is 0 Å². The molecule has 8 nitrogen and oxygen atoms in total. The van der Waals surface area contributed by atoms with E-state index in [4.69, 9.17) is 14.6 Å². The number of hydrogen-bond donors (Lipinski definition) is 2. The van der Waals surface area contributed by atoms with Crippen molar-refractivity contribution >= 4 is 12.0 Å². The molecule has 0 unspecified atom stereocenters. The molecule has 1 aliphatic carbocycles. The maximum absolute atomic E-state index is 12.4. The van der Waals surface area contributed by atoms with Crippen LogP contribution in [0.15, 0.2) is 18.2 Å². The van der Waals surface area contributed by atoms with Gasteiger partial charge in [0.1, 0.15) is 0 Å². The van der Waals surface area contributed by atoms with Gasteiger partial charge in [0.05, 0.1) is 6.54 Å². The molecular weight excluding hydrogens is 338 g/mol.